The van der Waals surface area contributed by atoms with Crippen molar-refractivity contribution in [3.05, 3.63) is 53.1 Å². The Kier molecular flexibility index (Phi) is 4.51. The van der Waals surface area contributed by atoms with E-state index in [-0.39, 0.29) is 0 Å². The summed E-state index contributed by atoms with van der Waals surface area (Å²) in [6.07, 6.45) is 0. The van der Waals surface area contributed by atoms with Gasteiger partial charge in [0.05, 0.1) is 0 Å². The van der Waals surface area contributed by atoms with Crippen molar-refractivity contribution in [2.75, 3.05) is 24.2 Å². The van der Waals surface area contributed by atoms with Gasteiger partial charge in [0.25, 0.3) is 0 Å². The van der Waals surface area contributed by atoms with Gasteiger partial charge >= 0.3 is 0 Å². The van der Waals surface area contributed by atoms with Crippen LogP contribution in [0.25, 0.3) is 0 Å². The van der Waals surface area contributed by atoms with Crippen LogP contribution in [0, 0.1) is 20.8 Å². The molecule has 0 unspecified atom stereocenters. The molecule has 2 rings (SSSR count). The lowest BCUT2D eigenvalue weighted by Gasteiger charge is -2.14. The zero-order valence-corrected chi connectivity index (χ0v) is 12.4. The zero-order valence-electron chi connectivity index (χ0n) is 12.4. The first-order chi connectivity index (χ1) is 9.56. The van der Waals surface area contributed by atoms with Crippen LogP contribution >= 0.6 is 0 Å². The minimum Gasteiger partial charge on any atom is -0.491 e. The smallest absolute Gasteiger partial charge is 0.125 e. The number of hydrogen-bond acceptors (Lipinski definition) is 3. The van der Waals surface area contributed by atoms with Crippen molar-refractivity contribution in [2.24, 2.45) is 0 Å². The highest BCUT2D eigenvalue weighted by atomic mass is 16.5. The first-order valence-corrected chi connectivity index (χ1v) is 6.86. The normalized spacial score (nSPS) is 10.3. The molecule has 0 radical (unpaired) electrons. The van der Waals surface area contributed by atoms with Gasteiger partial charge < -0.3 is 15.8 Å². The Bertz CT molecular complexity index is 553. The van der Waals surface area contributed by atoms with Gasteiger partial charge in [0.15, 0.2) is 0 Å². The Morgan fingerprint density at radius 2 is 1.60 bits per heavy atom. The number of hydrogen-bond donors (Lipinski definition) is 2. The Labute approximate surface area is 120 Å². The molecule has 0 saturated heterocycles. The summed E-state index contributed by atoms with van der Waals surface area (Å²) in [5, 5.41) is 3.31. The monoisotopic (exact) mass is 270 g/mol. The van der Waals surface area contributed by atoms with E-state index in [1.54, 1.807) is 0 Å². The average molecular weight is 270 g/mol. The SMILES string of the molecule is Cc1cc(C)c(OCCNc2ccc(N)cc2)c(C)c1. The third-order valence-corrected chi connectivity index (χ3v) is 3.19. The fourth-order valence-electron chi connectivity index (χ4n) is 2.34. The molecule has 0 atom stereocenters. The van der Waals surface area contributed by atoms with Crippen LogP contribution in [0.3, 0.4) is 0 Å². The molecule has 2 aromatic carbocycles. The van der Waals surface area contributed by atoms with E-state index >= 15 is 0 Å². The van der Waals surface area contributed by atoms with Crippen molar-refractivity contribution in [1.82, 2.24) is 0 Å². The molecular weight excluding hydrogens is 248 g/mol. The largest absolute Gasteiger partial charge is 0.491 e. The third kappa shape index (κ3) is 3.67. The molecule has 106 valence electrons. The molecule has 3 nitrogen and oxygen atoms in total. The van der Waals surface area contributed by atoms with Crippen molar-refractivity contribution in [3.8, 4) is 5.75 Å². The average Bonchev–Trinajstić information content (AvgIpc) is 2.39. The summed E-state index contributed by atoms with van der Waals surface area (Å²) in [6, 6.07) is 12.0. The number of nitrogens with two attached hydrogens (primary N) is 1. The maximum atomic E-state index is 5.88. The minimum absolute atomic E-state index is 0.634. The molecule has 0 aliphatic heterocycles. The summed E-state index contributed by atoms with van der Waals surface area (Å²) in [4.78, 5) is 0. The topological polar surface area (TPSA) is 47.3 Å². The zero-order chi connectivity index (χ0) is 14.5. The highest BCUT2D eigenvalue weighted by Crippen LogP contribution is 2.24. The summed E-state index contributed by atoms with van der Waals surface area (Å²) in [5.74, 6) is 0.995. The van der Waals surface area contributed by atoms with E-state index in [0.717, 1.165) is 23.7 Å². The van der Waals surface area contributed by atoms with Gasteiger partial charge in [0, 0.05) is 17.9 Å². The third-order valence-electron chi connectivity index (χ3n) is 3.19. The molecule has 2 aromatic rings. The molecule has 0 aliphatic carbocycles. The number of ether oxygens (including phenoxy) is 1. The first-order valence-electron chi connectivity index (χ1n) is 6.86. The fourth-order valence-corrected chi connectivity index (χ4v) is 2.34. The van der Waals surface area contributed by atoms with Gasteiger partial charge in [-0.3, -0.25) is 0 Å². The van der Waals surface area contributed by atoms with E-state index < -0.39 is 0 Å². The van der Waals surface area contributed by atoms with E-state index in [9.17, 15) is 0 Å². The highest BCUT2D eigenvalue weighted by molar-refractivity contribution is 5.51. The first kappa shape index (κ1) is 14.3. The summed E-state index contributed by atoms with van der Waals surface area (Å²) < 4.78 is 5.88. The van der Waals surface area contributed by atoms with Crippen LogP contribution in [0.15, 0.2) is 36.4 Å². The van der Waals surface area contributed by atoms with Gasteiger partial charge in [-0.1, -0.05) is 17.7 Å². The molecule has 0 aromatic heterocycles. The lowest BCUT2D eigenvalue weighted by Crippen LogP contribution is -2.12. The van der Waals surface area contributed by atoms with Crippen molar-refractivity contribution in [3.63, 3.8) is 0 Å². The number of anilines is 2. The summed E-state index contributed by atoms with van der Waals surface area (Å²) in [6.45, 7) is 7.67. The fraction of sp³-hybridized carbons (Fsp3) is 0.294. The van der Waals surface area contributed by atoms with E-state index in [1.165, 1.54) is 16.7 Å². The minimum atomic E-state index is 0.634. The Morgan fingerprint density at radius 1 is 1.00 bits per heavy atom. The molecule has 0 fully saturated rings. The second-order valence-corrected chi connectivity index (χ2v) is 5.13. The van der Waals surface area contributed by atoms with Gasteiger partial charge in [0.2, 0.25) is 0 Å². The van der Waals surface area contributed by atoms with Crippen LogP contribution in [0.1, 0.15) is 16.7 Å². The molecule has 3 heteroatoms. The van der Waals surface area contributed by atoms with Crippen LogP contribution in [0.2, 0.25) is 0 Å². The van der Waals surface area contributed by atoms with Crippen molar-refractivity contribution >= 4 is 11.4 Å². The maximum Gasteiger partial charge on any atom is 0.125 e. The number of nitrogen functional groups attached to an aromatic ring is 1. The standard InChI is InChI=1S/C17H22N2O/c1-12-10-13(2)17(14(3)11-12)20-9-8-19-16-6-4-15(18)5-7-16/h4-7,10-11,19H,8-9,18H2,1-3H3. The van der Waals surface area contributed by atoms with E-state index in [0.29, 0.717) is 6.61 Å². The van der Waals surface area contributed by atoms with Crippen LogP contribution in [0.5, 0.6) is 5.75 Å². The van der Waals surface area contributed by atoms with Gasteiger partial charge in [0.1, 0.15) is 12.4 Å². The van der Waals surface area contributed by atoms with Crippen LogP contribution in [-0.4, -0.2) is 13.2 Å². The molecule has 0 saturated carbocycles. The predicted octanol–water partition coefficient (Wildman–Crippen LogP) is 3.68. The van der Waals surface area contributed by atoms with Crippen molar-refractivity contribution in [2.45, 2.75) is 20.8 Å². The van der Waals surface area contributed by atoms with Crippen LogP contribution in [-0.2, 0) is 0 Å². The molecular formula is C17H22N2O. The van der Waals surface area contributed by atoms with Crippen molar-refractivity contribution in [1.29, 1.82) is 0 Å². The van der Waals surface area contributed by atoms with Gasteiger partial charge in [-0.25, -0.2) is 0 Å². The quantitative estimate of drug-likeness (QED) is 0.643. The Balaban J connectivity index is 1.86. The predicted molar refractivity (Wildman–Crippen MR) is 85.5 cm³/mol. The number of nitrogens with one attached hydrogen (secondary N) is 1. The second kappa shape index (κ2) is 6.33. The number of benzene rings is 2. The molecule has 0 amide bonds. The molecule has 0 spiro atoms. The summed E-state index contributed by atoms with van der Waals surface area (Å²) in [5.41, 5.74) is 11.1. The molecule has 0 heterocycles. The lowest BCUT2D eigenvalue weighted by molar-refractivity contribution is 0.328. The molecule has 0 bridgehead atoms. The lowest BCUT2D eigenvalue weighted by atomic mass is 10.1. The highest BCUT2D eigenvalue weighted by Gasteiger charge is 2.04. The molecule has 3 N–H and O–H groups in total. The summed E-state index contributed by atoms with van der Waals surface area (Å²) in [7, 11) is 0. The second-order valence-electron chi connectivity index (χ2n) is 5.13. The Hall–Kier alpha value is -2.16. The van der Waals surface area contributed by atoms with Crippen LogP contribution in [0.4, 0.5) is 11.4 Å². The van der Waals surface area contributed by atoms with Gasteiger partial charge in [-0.2, -0.15) is 0 Å². The van der Waals surface area contributed by atoms with E-state index in [4.69, 9.17) is 10.5 Å². The van der Waals surface area contributed by atoms with Crippen molar-refractivity contribution < 1.29 is 4.74 Å². The molecule has 0 aliphatic rings. The Morgan fingerprint density at radius 3 is 2.20 bits per heavy atom. The maximum absolute atomic E-state index is 5.88. The van der Waals surface area contributed by atoms with Gasteiger partial charge in [-0.05, 0) is 56.2 Å². The van der Waals surface area contributed by atoms with E-state index in [1.807, 2.05) is 24.3 Å². The van der Waals surface area contributed by atoms with Crippen LogP contribution < -0.4 is 15.8 Å². The van der Waals surface area contributed by atoms with Gasteiger partial charge in [-0.15, -0.1) is 0 Å². The number of aryl methyl sites for hydroxylation is 3. The summed E-state index contributed by atoms with van der Waals surface area (Å²) >= 11 is 0. The van der Waals surface area contributed by atoms with E-state index in [2.05, 4.69) is 38.2 Å². The number of rotatable bonds is 5. The molecule has 20 heavy (non-hydrogen) atoms.